The quantitative estimate of drug-likeness (QED) is 0.672. The van der Waals surface area contributed by atoms with Crippen molar-refractivity contribution in [3.05, 3.63) is 65.0 Å². The summed E-state index contributed by atoms with van der Waals surface area (Å²) in [6.07, 6.45) is 5.39. The van der Waals surface area contributed by atoms with Crippen LogP contribution in [0.15, 0.2) is 47.4 Å². The number of nitriles is 1. The highest BCUT2D eigenvalue weighted by Gasteiger charge is 2.33. The molecule has 1 aromatic heterocycles. The van der Waals surface area contributed by atoms with Crippen LogP contribution < -0.4 is 0 Å². The zero-order valence-electron chi connectivity index (χ0n) is 14.2. The molecule has 3 aromatic rings. The number of fused-ring (bicyclic) bond motifs is 1. The summed E-state index contributed by atoms with van der Waals surface area (Å²) in [5.74, 6) is 0.416. The smallest absolute Gasteiger partial charge is 0.176 e. The van der Waals surface area contributed by atoms with Crippen molar-refractivity contribution in [1.29, 1.82) is 5.26 Å². The molecule has 0 bridgehead atoms. The van der Waals surface area contributed by atoms with Crippen molar-refractivity contribution >= 4 is 31.4 Å². The molecule has 26 heavy (non-hydrogen) atoms. The standard InChI is InChI=1S/C20H17N2O2S2/c1-26(23,24)19-10-9-13(11-14(19)12-21)15-5-4-6-16(15)20-22-17-7-2-3-8-18(17)25-20/h2-3,5,7-11,15-16H,4,6H2,1H3. The first-order valence-corrected chi connectivity index (χ1v) is 11.1. The molecule has 1 aliphatic rings. The fourth-order valence-electron chi connectivity index (χ4n) is 3.66. The van der Waals surface area contributed by atoms with E-state index in [1.807, 2.05) is 30.3 Å². The second kappa shape index (κ2) is 6.49. The number of rotatable bonds is 3. The van der Waals surface area contributed by atoms with E-state index in [2.05, 4.69) is 12.5 Å². The van der Waals surface area contributed by atoms with Gasteiger partial charge in [-0.3, -0.25) is 0 Å². The third kappa shape index (κ3) is 3.02. The summed E-state index contributed by atoms with van der Waals surface area (Å²) in [6, 6.07) is 15.3. The summed E-state index contributed by atoms with van der Waals surface area (Å²) >= 11 is 1.72. The molecular weight excluding hydrogens is 364 g/mol. The fourth-order valence-corrected chi connectivity index (χ4v) is 5.63. The van der Waals surface area contributed by atoms with E-state index in [0.29, 0.717) is 0 Å². The van der Waals surface area contributed by atoms with Gasteiger partial charge in [-0.25, -0.2) is 13.4 Å². The Hall–Kier alpha value is -2.23. The number of nitrogens with zero attached hydrogens (tertiary/aromatic N) is 2. The summed E-state index contributed by atoms with van der Waals surface area (Å²) in [5, 5.41) is 10.5. The number of benzene rings is 2. The molecule has 0 N–H and O–H groups in total. The molecule has 2 aromatic carbocycles. The lowest BCUT2D eigenvalue weighted by Gasteiger charge is -2.18. The van der Waals surface area contributed by atoms with Crippen molar-refractivity contribution in [2.24, 2.45) is 0 Å². The Bertz CT molecular complexity index is 1090. The van der Waals surface area contributed by atoms with Gasteiger partial charge >= 0.3 is 0 Å². The maximum atomic E-state index is 11.9. The maximum absolute atomic E-state index is 11.9. The normalized spacial score (nSPS) is 20.3. The van der Waals surface area contributed by atoms with E-state index in [9.17, 15) is 13.7 Å². The van der Waals surface area contributed by atoms with Crippen molar-refractivity contribution in [3.8, 4) is 6.07 Å². The van der Waals surface area contributed by atoms with Crippen molar-refractivity contribution in [2.45, 2.75) is 29.6 Å². The van der Waals surface area contributed by atoms with Crippen LogP contribution in [0.5, 0.6) is 0 Å². The second-order valence-corrected chi connectivity index (χ2v) is 9.65. The summed E-state index contributed by atoms with van der Waals surface area (Å²) in [7, 11) is -3.41. The number of para-hydroxylation sites is 1. The summed E-state index contributed by atoms with van der Waals surface area (Å²) in [4.78, 5) is 4.90. The Morgan fingerprint density at radius 1 is 1.23 bits per heavy atom. The molecule has 0 spiro atoms. The summed E-state index contributed by atoms with van der Waals surface area (Å²) in [5.41, 5.74) is 2.22. The van der Waals surface area contributed by atoms with Crippen LogP contribution in [-0.2, 0) is 9.84 Å². The minimum Gasteiger partial charge on any atom is -0.241 e. The topological polar surface area (TPSA) is 70.8 Å². The number of hydrogen-bond donors (Lipinski definition) is 0. The van der Waals surface area contributed by atoms with E-state index in [4.69, 9.17) is 4.98 Å². The Morgan fingerprint density at radius 2 is 2.04 bits per heavy atom. The minimum atomic E-state index is -3.41. The van der Waals surface area contributed by atoms with Gasteiger partial charge < -0.3 is 0 Å². The lowest BCUT2D eigenvalue weighted by molar-refractivity contribution is 0.601. The van der Waals surface area contributed by atoms with Gasteiger partial charge in [-0.15, -0.1) is 11.3 Å². The van der Waals surface area contributed by atoms with Gasteiger partial charge in [-0.05, 0) is 55.0 Å². The van der Waals surface area contributed by atoms with Gasteiger partial charge in [0.25, 0.3) is 0 Å². The third-order valence-electron chi connectivity index (χ3n) is 4.87. The molecule has 4 nitrogen and oxygen atoms in total. The van der Waals surface area contributed by atoms with Crippen molar-refractivity contribution < 1.29 is 8.42 Å². The van der Waals surface area contributed by atoms with E-state index < -0.39 is 9.84 Å². The highest BCUT2D eigenvalue weighted by atomic mass is 32.2. The number of aromatic nitrogens is 1. The Balaban J connectivity index is 1.74. The van der Waals surface area contributed by atoms with Gasteiger partial charge in [0.1, 0.15) is 6.07 Å². The first-order chi connectivity index (χ1) is 12.5. The molecule has 0 aliphatic heterocycles. The SMILES string of the molecule is CS(=O)(=O)c1ccc(C2[CH]CCC2c2nc3ccccc3s2)cc1C#N. The highest BCUT2D eigenvalue weighted by molar-refractivity contribution is 7.90. The van der Waals surface area contributed by atoms with Crippen LogP contribution in [0, 0.1) is 17.8 Å². The van der Waals surface area contributed by atoms with E-state index in [-0.39, 0.29) is 22.3 Å². The van der Waals surface area contributed by atoms with E-state index in [0.717, 1.165) is 35.2 Å². The largest absolute Gasteiger partial charge is 0.241 e. The van der Waals surface area contributed by atoms with Crippen LogP contribution in [0.2, 0.25) is 0 Å². The first-order valence-electron chi connectivity index (χ1n) is 8.40. The highest BCUT2D eigenvalue weighted by Crippen LogP contribution is 2.47. The predicted octanol–water partition coefficient (Wildman–Crippen LogP) is 4.44. The van der Waals surface area contributed by atoms with Gasteiger partial charge in [-0.1, -0.05) is 18.2 Å². The summed E-state index contributed by atoms with van der Waals surface area (Å²) < 4.78 is 24.9. The Labute approximate surface area is 157 Å². The average molecular weight is 382 g/mol. The van der Waals surface area contributed by atoms with Crippen LogP contribution in [0.1, 0.15) is 40.8 Å². The first kappa shape index (κ1) is 17.2. The fraction of sp³-hybridized carbons (Fsp3) is 0.250. The molecule has 1 saturated carbocycles. The molecule has 2 unspecified atom stereocenters. The van der Waals surface area contributed by atoms with Gasteiger partial charge in [0.05, 0.1) is 25.7 Å². The van der Waals surface area contributed by atoms with Crippen molar-refractivity contribution in [3.63, 3.8) is 0 Å². The molecule has 0 saturated heterocycles. The van der Waals surface area contributed by atoms with Crippen LogP contribution in [0.4, 0.5) is 0 Å². The van der Waals surface area contributed by atoms with Gasteiger partial charge in [0.15, 0.2) is 9.84 Å². The molecule has 131 valence electrons. The van der Waals surface area contributed by atoms with Crippen LogP contribution in [-0.4, -0.2) is 19.7 Å². The monoisotopic (exact) mass is 381 g/mol. The van der Waals surface area contributed by atoms with Gasteiger partial charge in [-0.2, -0.15) is 5.26 Å². The molecule has 1 heterocycles. The molecule has 2 atom stereocenters. The number of sulfone groups is 1. The third-order valence-corrected chi connectivity index (χ3v) is 7.19. The van der Waals surface area contributed by atoms with Crippen LogP contribution >= 0.6 is 11.3 Å². The molecule has 0 amide bonds. The summed E-state index contributed by atoms with van der Waals surface area (Å²) in [6.45, 7) is 0. The second-order valence-electron chi connectivity index (χ2n) is 6.60. The zero-order chi connectivity index (χ0) is 18.3. The van der Waals surface area contributed by atoms with Crippen molar-refractivity contribution in [2.75, 3.05) is 6.26 Å². The molecule has 6 heteroatoms. The van der Waals surface area contributed by atoms with Gasteiger partial charge in [0.2, 0.25) is 0 Å². The van der Waals surface area contributed by atoms with Gasteiger partial charge in [0, 0.05) is 12.2 Å². The van der Waals surface area contributed by atoms with E-state index in [1.165, 1.54) is 4.70 Å². The molecule has 1 fully saturated rings. The van der Waals surface area contributed by atoms with E-state index in [1.54, 1.807) is 23.5 Å². The predicted molar refractivity (Wildman–Crippen MR) is 103 cm³/mol. The van der Waals surface area contributed by atoms with Crippen molar-refractivity contribution in [1.82, 2.24) is 4.98 Å². The van der Waals surface area contributed by atoms with Crippen LogP contribution in [0.3, 0.4) is 0 Å². The van der Waals surface area contributed by atoms with Crippen LogP contribution in [0.25, 0.3) is 10.2 Å². The number of thiazole rings is 1. The average Bonchev–Trinajstić information content (AvgIpc) is 3.26. The lowest BCUT2D eigenvalue weighted by Crippen LogP contribution is -2.07. The lowest BCUT2D eigenvalue weighted by atomic mass is 9.88. The van der Waals surface area contributed by atoms with E-state index >= 15 is 0 Å². The molecule has 4 rings (SSSR count). The minimum absolute atomic E-state index is 0.0956. The Kier molecular flexibility index (Phi) is 4.29. The maximum Gasteiger partial charge on any atom is 0.176 e. The molecule has 1 aliphatic carbocycles. The number of hydrogen-bond acceptors (Lipinski definition) is 5. The molecular formula is C20H17N2O2S2. The zero-order valence-corrected chi connectivity index (χ0v) is 15.8. The molecule has 1 radical (unpaired) electrons. The Morgan fingerprint density at radius 3 is 2.77 bits per heavy atom.